The molecule has 0 saturated carbocycles. The maximum absolute atomic E-state index is 11.8. The van der Waals surface area contributed by atoms with Crippen molar-refractivity contribution in [3.63, 3.8) is 0 Å². The summed E-state index contributed by atoms with van der Waals surface area (Å²) in [6.45, 7) is 8.04. The summed E-state index contributed by atoms with van der Waals surface area (Å²) in [6, 6.07) is 0. The zero-order valence-electron chi connectivity index (χ0n) is 10.2. The molecule has 5 nitrogen and oxygen atoms in total. The lowest BCUT2D eigenvalue weighted by atomic mass is 9.89. The molecule has 0 unspecified atom stereocenters. The van der Waals surface area contributed by atoms with Gasteiger partial charge in [0.25, 0.3) is 0 Å². The van der Waals surface area contributed by atoms with Crippen LogP contribution in [0.5, 0.6) is 0 Å². The molecule has 1 rings (SSSR count). The summed E-state index contributed by atoms with van der Waals surface area (Å²) in [5, 5.41) is 8.50. The molecule has 0 aliphatic carbocycles. The third kappa shape index (κ3) is 2.95. The van der Waals surface area contributed by atoms with Crippen LogP contribution < -0.4 is 0 Å². The van der Waals surface area contributed by atoms with Crippen LogP contribution in [-0.4, -0.2) is 47.2 Å². The van der Waals surface area contributed by atoms with E-state index in [0.29, 0.717) is 13.1 Å². The van der Waals surface area contributed by atoms with Gasteiger partial charge in [-0.3, -0.25) is 4.79 Å². The summed E-state index contributed by atoms with van der Waals surface area (Å²) >= 11 is 0. The predicted octanol–water partition coefficient (Wildman–Crippen LogP) is 0.735. The van der Waals surface area contributed by atoms with Crippen LogP contribution in [0.3, 0.4) is 0 Å². The Morgan fingerprint density at radius 2 is 1.88 bits per heavy atom. The summed E-state index contributed by atoms with van der Waals surface area (Å²) in [4.78, 5) is 23.9. The zero-order chi connectivity index (χ0) is 12.6. The van der Waals surface area contributed by atoms with E-state index >= 15 is 0 Å². The Morgan fingerprint density at radius 1 is 1.38 bits per heavy atom. The molecule has 1 amide bonds. The topological polar surface area (TPSA) is 66.8 Å². The van der Waals surface area contributed by atoms with Crippen LogP contribution in [0.4, 0.5) is 0 Å². The van der Waals surface area contributed by atoms with E-state index < -0.39 is 17.0 Å². The lowest BCUT2D eigenvalue weighted by Gasteiger charge is -2.49. The molecule has 0 aromatic heterocycles. The van der Waals surface area contributed by atoms with Gasteiger partial charge in [-0.2, -0.15) is 0 Å². The van der Waals surface area contributed by atoms with Crippen LogP contribution in [0.25, 0.3) is 0 Å². The Kier molecular flexibility index (Phi) is 3.28. The number of carbonyl (C=O) groups is 2. The van der Waals surface area contributed by atoms with Crippen LogP contribution >= 0.6 is 0 Å². The van der Waals surface area contributed by atoms with Crippen molar-refractivity contribution >= 4 is 11.9 Å². The molecular weight excluding hydrogens is 210 g/mol. The molecule has 92 valence electrons. The van der Waals surface area contributed by atoms with E-state index in [1.165, 1.54) is 0 Å². The van der Waals surface area contributed by atoms with Gasteiger partial charge in [0.15, 0.2) is 0 Å². The van der Waals surface area contributed by atoms with E-state index in [4.69, 9.17) is 9.84 Å². The van der Waals surface area contributed by atoms with E-state index in [-0.39, 0.29) is 12.5 Å². The van der Waals surface area contributed by atoms with Crippen LogP contribution in [0, 0.1) is 5.41 Å². The molecule has 1 heterocycles. The average Bonchev–Trinajstić information content (AvgIpc) is 2.07. The molecule has 0 aromatic carbocycles. The smallest absolute Gasteiger partial charge is 0.329 e. The second-order valence-corrected chi connectivity index (χ2v) is 5.54. The van der Waals surface area contributed by atoms with Crippen LogP contribution in [0.1, 0.15) is 27.7 Å². The first-order valence-electron chi connectivity index (χ1n) is 5.29. The highest BCUT2D eigenvalue weighted by Crippen LogP contribution is 2.29. The molecule has 5 heteroatoms. The maximum Gasteiger partial charge on any atom is 0.329 e. The molecule has 1 aliphatic heterocycles. The number of amides is 1. The third-order valence-corrected chi connectivity index (χ3v) is 2.52. The Morgan fingerprint density at radius 3 is 2.25 bits per heavy atom. The molecule has 1 aliphatic rings. The SMILES string of the molecule is CC1(OCC(=O)O)CN(C(=O)C(C)(C)C)C1. The van der Waals surface area contributed by atoms with Crippen molar-refractivity contribution in [2.45, 2.75) is 33.3 Å². The fraction of sp³-hybridized carbons (Fsp3) is 0.818. The first kappa shape index (κ1) is 13.0. The maximum atomic E-state index is 11.8. The lowest BCUT2D eigenvalue weighted by molar-refractivity contribution is -0.177. The number of hydrogen-bond donors (Lipinski definition) is 1. The van der Waals surface area contributed by atoms with Crippen molar-refractivity contribution in [3.05, 3.63) is 0 Å². The zero-order valence-corrected chi connectivity index (χ0v) is 10.2. The number of ether oxygens (including phenoxy) is 1. The van der Waals surface area contributed by atoms with E-state index in [1.54, 1.807) is 4.90 Å². The van der Waals surface area contributed by atoms with Gasteiger partial charge < -0.3 is 14.7 Å². The Balaban J connectivity index is 2.42. The number of likely N-dealkylation sites (tertiary alicyclic amines) is 1. The normalized spacial score (nSPS) is 19.1. The number of carbonyl (C=O) groups excluding carboxylic acids is 1. The highest BCUT2D eigenvalue weighted by atomic mass is 16.5. The van der Waals surface area contributed by atoms with Crippen molar-refractivity contribution in [2.24, 2.45) is 5.41 Å². The summed E-state index contributed by atoms with van der Waals surface area (Å²) in [5.41, 5.74) is -0.895. The molecule has 0 spiro atoms. The first-order valence-corrected chi connectivity index (χ1v) is 5.29. The molecule has 16 heavy (non-hydrogen) atoms. The van der Waals surface area contributed by atoms with Gasteiger partial charge in [0.05, 0.1) is 13.1 Å². The van der Waals surface area contributed by atoms with Crippen LogP contribution in [-0.2, 0) is 14.3 Å². The monoisotopic (exact) mass is 229 g/mol. The van der Waals surface area contributed by atoms with Gasteiger partial charge in [0, 0.05) is 5.41 Å². The Bertz CT molecular complexity index is 300. The second-order valence-electron chi connectivity index (χ2n) is 5.54. The van der Waals surface area contributed by atoms with Crippen LogP contribution in [0.2, 0.25) is 0 Å². The largest absolute Gasteiger partial charge is 0.480 e. The van der Waals surface area contributed by atoms with Crippen LogP contribution in [0.15, 0.2) is 0 Å². The summed E-state index contributed by atoms with van der Waals surface area (Å²) in [6.07, 6.45) is 0. The number of rotatable bonds is 3. The molecule has 0 radical (unpaired) electrons. The van der Waals surface area contributed by atoms with Gasteiger partial charge in [-0.05, 0) is 6.92 Å². The highest BCUT2D eigenvalue weighted by molar-refractivity contribution is 5.82. The van der Waals surface area contributed by atoms with Crippen molar-refractivity contribution in [1.82, 2.24) is 4.90 Å². The highest BCUT2D eigenvalue weighted by Gasteiger charge is 2.45. The molecule has 1 N–H and O–H groups in total. The molecule has 0 aromatic rings. The number of nitrogens with zero attached hydrogens (tertiary/aromatic N) is 1. The number of aliphatic carboxylic acids is 1. The van der Waals surface area contributed by atoms with Crippen molar-refractivity contribution in [2.75, 3.05) is 19.7 Å². The molecule has 0 atom stereocenters. The fourth-order valence-corrected chi connectivity index (χ4v) is 1.71. The summed E-state index contributed by atoms with van der Waals surface area (Å²) in [5.74, 6) is -0.911. The minimum Gasteiger partial charge on any atom is -0.480 e. The minimum absolute atomic E-state index is 0.0731. The van der Waals surface area contributed by atoms with Gasteiger partial charge >= 0.3 is 5.97 Å². The minimum atomic E-state index is -0.984. The summed E-state index contributed by atoms with van der Waals surface area (Å²) in [7, 11) is 0. The van der Waals surface area contributed by atoms with E-state index in [9.17, 15) is 9.59 Å². The molecule has 1 saturated heterocycles. The average molecular weight is 229 g/mol. The van der Waals surface area contributed by atoms with Gasteiger partial charge in [0.2, 0.25) is 5.91 Å². The number of carboxylic acid groups (broad SMARTS) is 1. The van der Waals surface area contributed by atoms with Gasteiger partial charge in [-0.15, -0.1) is 0 Å². The van der Waals surface area contributed by atoms with E-state index in [1.807, 2.05) is 27.7 Å². The summed E-state index contributed by atoms with van der Waals surface area (Å²) < 4.78 is 5.23. The number of hydrogen-bond acceptors (Lipinski definition) is 3. The Labute approximate surface area is 95.4 Å². The van der Waals surface area contributed by atoms with Gasteiger partial charge in [-0.1, -0.05) is 20.8 Å². The van der Waals surface area contributed by atoms with E-state index in [2.05, 4.69) is 0 Å². The van der Waals surface area contributed by atoms with Crippen molar-refractivity contribution in [3.8, 4) is 0 Å². The molecular formula is C11H19NO4. The quantitative estimate of drug-likeness (QED) is 0.775. The number of carboxylic acids is 1. The predicted molar refractivity (Wildman–Crippen MR) is 58.0 cm³/mol. The standard InChI is InChI=1S/C11H19NO4/c1-10(2,3)9(15)12-6-11(4,7-12)16-5-8(13)14/h5-7H2,1-4H3,(H,13,14). The van der Waals surface area contributed by atoms with Crippen molar-refractivity contribution in [1.29, 1.82) is 0 Å². The fourth-order valence-electron chi connectivity index (χ4n) is 1.71. The second kappa shape index (κ2) is 4.05. The molecule has 0 bridgehead atoms. The molecule has 1 fully saturated rings. The van der Waals surface area contributed by atoms with Gasteiger partial charge in [0.1, 0.15) is 12.2 Å². The lowest BCUT2D eigenvalue weighted by Crippen LogP contribution is -2.65. The Hall–Kier alpha value is -1.10. The van der Waals surface area contributed by atoms with Crippen molar-refractivity contribution < 1.29 is 19.4 Å². The third-order valence-electron chi connectivity index (χ3n) is 2.52. The first-order chi connectivity index (χ1) is 7.14. The van der Waals surface area contributed by atoms with Gasteiger partial charge in [-0.25, -0.2) is 4.79 Å². The van der Waals surface area contributed by atoms with E-state index in [0.717, 1.165) is 0 Å².